The Labute approximate surface area is 117 Å². The van der Waals surface area contributed by atoms with Crippen molar-refractivity contribution in [2.24, 2.45) is 0 Å². The van der Waals surface area contributed by atoms with Crippen LogP contribution in [0.4, 0.5) is 0 Å². The van der Waals surface area contributed by atoms with Crippen LogP contribution in [0.3, 0.4) is 0 Å². The van der Waals surface area contributed by atoms with Gasteiger partial charge in [0, 0.05) is 0 Å². The summed E-state index contributed by atoms with van der Waals surface area (Å²) in [7, 11) is -1.37. The summed E-state index contributed by atoms with van der Waals surface area (Å²) in [6.07, 6.45) is 0. The first kappa shape index (κ1) is 15.8. The SMILES string of the molecule is C[CH2][Ge](/[CH]=C/[Si](C)(C)c1ccccc1)([CH2]C)[CH2]C. The normalized spacial score (nSPS) is 13.2. The van der Waals surface area contributed by atoms with E-state index in [1.165, 1.54) is 15.8 Å². The molecule has 0 radical (unpaired) electrons. The number of hydrogen-bond donors (Lipinski definition) is 0. The fourth-order valence-corrected chi connectivity index (χ4v) is 13.9. The van der Waals surface area contributed by atoms with Crippen molar-refractivity contribution in [2.45, 2.75) is 49.6 Å². The van der Waals surface area contributed by atoms with Gasteiger partial charge in [0.1, 0.15) is 0 Å². The van der Waals surface area contributed by atoms with Crippen LogP contribution in [-0.2, 0) is 0 Å². The van der Waals surface area contributed by atoms with Crippen molar-refractivity contribution in [1.82, 2.24) is 0 Å². The van der Waals surface area contributed by atoms with Gasteiger partial charge in [-0.05, 0) is 0 Å². The summed E-state index contributed by atoms with van der Waals surface area (Å²) in [6, 6.07) is 11.1. The summed E-state index contributed by atoms with van der Waals surface area (Å²) in [5.41, 5.74) is 2.62. The zero-order chi connectivity index (χ0) is 13.6. The summed E-state index contributed by atoms with van der Waals surface area (Å²) >= 11 is -1.64. The van der Waals surface area contributed by atoms with Crippen molar-refractivity contribution in [3.05, 3.63) is 40.9 Å². The van der Waals surface area contributed by atoms with Crippen molar-refractivity contribution in [1.29, 1.82) is 0 Å². The van der Waals surface area contributed by atoms with E-state index in [9.17, 15) is 0 Å². The quantitative estimate of drug-likeness (QED) is 0.664. The van der Waals surface area contributed by atoms with Crippen LogP contribution in [0.1, 0.15) is 20.8 Å². The topological polar surface area (TPSA) is 0 Å². The Kier molecular flexibility index (Phi) is 5.93. The van der Waals surface area contributed by atoms with Crippen molar-refractivity contribution < 1.29 is 0 Å². The zero-order valence-electron chi connectivity index (χ0n) is 12.7. The first-order valence-electron chi connectivity index (χ1n) is 7.25. The molecule has 0 saturated heterocycles. The predicted molar refractivity (Wildman–Crippen MR) is 89.9 cm³/mol. The molecule has 1 aromatic rings. The maximum absolute atomic E-state index is 2.71. The third-order valence-electron chi connectivity index (χ3n) is 4.48. The summed E-state index contributed by atoms with van der Waals surface area (Å²) < 4.78 is 0. The molecule has 0 amide bonds. The van der Waals surface area contributed by atoms with Crippen LogP contribution < -0.4 is 5.19 Å². The van der Waals surface area contributed by atoms with Gasteiger partial charge < -0.3 is 0 Å². The molecule has 0 fully saturated rings. The van der Waals surface area contributed by atoms with Gasteiger partial charge in [-0.3, -0.25) is 0 Å². The Balaban J connectivity index is 2.95. The molecule has 0 aliphatic rings. The molecule has 0 atom stereocenters. The van der Waals surface area contributed by atoms with Crippen LogP contribution in [0.2, 0.25) is 28.9 Å². The molecule has 0 unspecified atom stereocenters. The molecule has 0 nitrogen and oxygen atoms in total. The van der Waals surface area contributed by atoms with Crippen LogP contribution in [0, 0.1) is 0 Å². The Morgan fingerprint density at radius 3 is 1.89 bits per heavy atom. The average Bonchev–Trinajstić information content (AvgIpc) is 2.42. The van der Waals surface area contributed by atoms with Crippen molar-refractivity contribution in [2.75, 3.05) is 0 Å². The van der Waals surface area contributed by atoms with Gasteiger partial charge in [0.2, 0.25) is 0 Å². The Morgan fingerprint density at radius 2 is 1.44 bits per heavy atom. The second kappa shape index (κ2) is 6.76. The molecule has 100 valence electrons. The Hall–Kier alpha value is -0.280. The monoisotopic (exact) mass is 322 g/mol. The van der Waals surface area contributed by atoms with Crippen LogP contribution in [0.15, 0.2) is 40.9 Å². The summed E-state index contributed by atoms with van der Waals surface area (Å²) in [6.45, 7) is 12.1. The first-order chi connectivity index (χ1) is 8.49. The van der Waals surface area contributed by atoms with Crippen LogP contribution in [0.25, 0.3) is 0 Å². The number of rotatable bonds is 6. The van der Waals surface area contributed by atoms with Crippen LogP contribution in [-0.4, -0.2) is 21.3 Å². The fourth-order valence-electron chi connectivity index (χ4n) is 2.45. The van der Waals surface area contributed by atoms with Gasteiger partial charge in [0.05, 0.1) is 0 Å². The molecular weight excluding hydrogens is 293 g/mol. The molecule has 0 aliphatic carbocycles. The summed E-state index contributed by atoms with van der Waals surface area (Å²) in [5, 5.41) is 5.86. The van der Waals surface area contributed by atoms with Gasteiger partial charge in [0.15, 0.2) is 0 Å². The predicted octanol–water partition coefficient (Wildman–Crippen LogP) is 4.75. The summed E-state index contributed by atoms with van der Waals surface area (Å²) in [4.78, 5) is 2.71. The molecule has 1 aromatic carbocycles. The molecule has 1 rings (SSSR count). The molecule has 0 bridgehead atoms. The van der Waals surface area contributed by atoms with E-state index >= 15 is 0 Å². The standard InChI is InChI=1S/C16H28GeSi/c1-6-17(7-2,8-3)14-15-18(4,5)16-12-10-9-11-13-16/h9-15H,6-8H2,1-5H3/b15-14+. The van der Waals surface area contributed by atoms with Gasteiger partial charge in [-0.1, -0.05) is 0 Å². The van der Waals surface area contributed by atoms with Crippen LogP contribution in [0.5, 0.6) is 0 Å². The van der Waals surface area contributed by atoms with Gasteiger partial charge >= 0.3 is 117 Å². The molecule has 18 heavy (non-hydrogen) atoms. The third-order valence-corrected chi connectivity index (χ3v) is 18.7. The van der Waals surface area contributed by atoms with E-state index in [0.29, 0.717) is 0 Å². The van der Waals surface area contributed by atoms with Crippen LogP contribution >= 0.6 is 0 Å². The van der Waals surface area contributed by atoms with E-state index in [1.807, 2.05) is 0 Å². The zero-order valence-corrected chi connectivity index (χ0v) is 15.8. The number of hydrogen-bond acceptors (Lipinski definition) is 0. The molecule has 0 aliphatic heterocycles. The Morgan fingerprint density at radius 1 is 0.944 bits per heavy atom. The molecular formula is C16H28GeSi. The molecule has 0 aromatic heterocycles. The second-order valence-corrected chi connectivity index (χ2v) is 21.1. The van der Waals surface area contributed by atoms with E-state index in [4.69, 9.17) is 0 Å². The van der Waals surface area contributed by atoms with E-state index in [0.717, 1.165) is 0 Å². The average molecular weight is 321 g/mol. The molecule has 2 heteroatoms. The van der Waals surface area contributed by atoms with E-state index in [2.05, 4.69) is 74.8 Å². The van der Waals surface area contributed by atoms with Gasteiger partial charge in [0.25, 0.3) is 0 Å². The molecule has 0 N–H and O–H groups in total. The van der Waals surface area contributed by atoms with E-state index in [1.54, 1.807) is 5.19 Å². The van der Waals surface area contributed by atoms with Crippen molar-refractivity contribution >= 4 is 26.5 Å². The molecule has 0 saturated carbocycles. The van der Waals surface area contributed by atoms with Crippen molar-refractivity contribution in [3.8, 4) is 0 Å². The minimum absolute atomic E-state index is 1.37. The van der Waals surface area contributed by atoms with Crippen molar-refractivity contribution in [3.63, 3.8) is 0 Å². The van der Waals surface area contributed by atoms with Gasteiger partial charge in [-0.15, -0.1) is 0 Å². The summed E-state index contributed by atoms with van der Waals surface area (Å²) in [5.74, 6) is 0. The van der Waals surface area contributed by atoms with Gasteiger partial charge in [-0.25, -0.2) is 0 Å². The van der Waals surface area contributed by atoms with Gasteiger partial charge in [-0.2, -0.15) is 0 Å². The molecule has 0 heterocycles. The fraction of sp³-hybridized carbons (Fsp3) is 0.500. The van der Waals surface area contributed by atoms with E-state index in [-0.39, 0.29) is 0 Å². The van der Waals surface area contributed by atoms with E-state index < -0.39 is 21.3 Å². The molecule has 0 spiro atoms. The third kappa shape index (κ3) is 3.86. The first-order valence-corrected chi connectivity index (χ1v) is 16.0. The number of benzene rings is 1. The maximum atomic E-state index is 2.71. The minimum atomic E-state index is -1.64. The second-order valence-electron chi connectivity index (χ2n) is 5.84. The Bertz CT molecular complexity index is 369.